The maximum absolute atomic E-state index is 11.0. The second-order valence-electron chi connectivity index (χ2n) is 7.22. The van der Waals surface area contributed by atoms with Crippen molar-refractivity contribution < 1.29 is 9.53 Å². The summed E-state index contributed by atoms with van der Waals surface area (Å²) in [6.07, 6.45) is 13.2. The Morgan fingerprint density at radius 2 is 1.40 bits per heavy atom. The van der Waals surface area contributed by atoms with E-state index in [2.05, 4.69) is 41.5 Å². The molecule has 0 saturated carbocycles. The van der Waals surface area contributed by atoms with E-state index in [1.165, 1.54) is 38.5 Å². The third-order valence-electron chi connectivity index (χ3n) is 4.17. The second kappa shape index (κ2) is 25.7. The van der Waals surface area contributed by atoms with Crippen molar-refractivity contribution in [2.24, 2.45) is 11.8 Å². The van der Waals surface area contributed by atoms with E-state index in [9.17, 15) is 4.79 Å². The van der Waals surface area contributed by atoms with Gasteiger partial charge in [0, 0.05) is 6.42 Å². The monoisotopic (exact) mass is 358 g/mol. The van der Waals surface area contributed by atoms with Crippen molar-refractivity contribution in [2.75, 3.05) is 6.61 Å². The normalized spacial score (nSPS) is 11.1. The molecule has 0 aromatic heterocycles. The molecule has 0 heterocycles. The zero-order valence-electron chi connectivity index (χ0n) is 19.0. The molecule has 0 rings (SSSR count). The molecule has 0 radical (unpaired) electrons. The summed E-state index contributed by atoms with van der Waals surface area (Å²) in [6, 6.07) is 0. The molecule has 0 N–H and O–H groups in total. The largest absolute Gasteiger partial charge is 0.466 e. The van der Waals surface area contributed by atoms with E-state index in [-0.39, 0.29) is 5.97 Å². The Bertz CT molecular complexity index is 236. The standard InChI is InChI=1S/C11H22O2.C10H22.C2H6/c1-4-5-8-11(12)13-9-6-7-10(2)3;1-4-6-7-8-9-10(3)5-2;1-2/h10H,4-9H2,1-3H3;10H,4-9H2,1-3H3;1-2H3. The minimum Gasteiger partial charge on any atom is -0.466 e. The predicted molar refractivity (Wildman–Crippen MR) is 114 cm³/mol. The minimum absolute atomic E-state index is 0.0365. The van der Waals surface area contributed by atoms with Crippen molar-refractivity contribution in [3.05, 3.63) is 0 Å². The van der Waals surface area contributed by atoms with Crippen LogP contribution in [0.1, 0.15) is 126 Å². The topological polar surface area (TPSA) is 26.3 Å². The van der Waals surface area contributed by atoms with Crippen LogP contribution in [0.15, 0.2) is 0 Å². The fraction of sp³-hybridized carbons (Fsp3) is 0.957. The molecule has 0 bridgehead atoms. The molecule has 2 nitrogen and oxygen atoms in total. The number of unbranched alkanes of at least 4 members (excludes halogenated alkanes) is 4. The lowest BCUT2D eigenvalue weighted by atomic mass is 10.0. The molecule has 0 aliphatic rings. The fourth-order valence-electron chi connectivity index (χ4n) is 2.19. The van der Waals surface area contributed by atoms with Crippen LogP contribution in [0.4, 0.5) is 0 Å². The Morgan fingerprint density at radius 3 is 1.88 bits per heavy atom. The first-order valence-corrected chi connectivity index (χ1v) is 11.1. The van der Waals surface area contributed by atoms with Crippen LogP contribution in [0.25, 0.3) is 0 Å². The van der Waals surface area contributed by atoms with Crippen molar-refractivity contribution in [3.63, 3.8) is 0 Å². The average Bonchev–Trinajstić information content (AvgIpc) is 2.62. The molecule has 0 spiro atoms. The van der Waals surface area contributed by atoms with Gasteiger partial charge in [0.15, 0.2) is 0 Å². The molecule has 0 aliphatic heterocycles. The van der Waals surface area contributed by atoms with Gasteiger partial charge in [0.2, 0.25) is 0 Å². The predicted octanol–water partition coefficient (Wildman–Crippen LogP) is 8.19. The first kappa shape index (κ1) is 29.2. The smallest absolute Gasteiger partial charge is 0.305 e. The van der Waals surface area contributed by atoms with E-state index >= 15 is 0 Å². The molecule has 0 amide bonds. The average molecular weight is 359 g/mol. The quantitative estimate of drug-likeness (QED) is 0.245. The Morgan fingerprint density at radius 1 is 0.800 bits per heavy atom. The summed E-state index contributed by atoms with van der Waals surface area (Å²) in [5.74, 6) is 1.62. The summed E-state index contributed by atoms with van der Waals surface area (Å²) < 4.78 is 5.06. The molecule has 0 aromatic rings. The van der Waals surface area contributed by atoms with Crippen LogP contribution in [0, 0.1) is 11.8 Å². The molecular formula is C23H50O2. The maximum Gasteiger partial charge on any atom is 0.305 e. The van der Waals surface area contributed by atoms with Gasteiger partial charge in [0.05, 0.1) is 6.61 Å². The second-order valence-corrected chi connectivity index (χ2v) is 7.22. The molecule has 154 valence electrons. The molecule has 0 aromatic carbocycles. The van der Waals surface area contributed by atoms with Crippen molar-refractivity contribution >= 4 is 5.97 Å². The summed E-state index contributed by atoms with van der Waals surface area (Å²) in [7, 11) is 0. The van der Waals surface area contributed by atoms with Gasteiger partial charge in [0.25, 0.3) is 0 Å². The van der Waals surface area contributed by atoms with Crippen LogP contribution >= 0.6 is 0 Å². The van der Waals surface area contributed by atoms with Crippen LogP contribution in [-0.4, -0.2) is 12.6 Å². The zero-order chi connectivity index (χ0) is 19.9. The Kier molecular flexibility index (Phi) is 30.1. The maximum atomic E-state index is 11.0. The molecule has 2 heteroatoms. The fourth-order valence-corrected chi connectivity index (χ4v) is 2.19. The van der Waals surface area contributed by atoms with Gasteiger partial charge in [-0.3, -0.25) is 4.79 Å². The summed E-state index contributed by atoms with van der Waals surface area (Å²) >= 11 is 0. The molecule has 25 heavy (non-hydrogen) atoms. The van der Waals surface area contributed by atoms with Gasteiger partial charge in [-0.15, -0.1) is 0 Å². The SMILES string of the molecule is CC.CCCCC(=O)OCCCC(C)C.CCCCCCC(C)CC. The van der Waals surface area contributed by atoms with Crippen LogP contribution in [0.3, 0.4) is 0 Å². The van der Waals surface area contributed by atoms with Crippen LogP contribution in [0.2, 0.25) is 0 Å². The van der Waals surface area contributed by atoms with Crippen molar-refractivity contribution in [1.29, 1.82) is 0 Å². The van der Waals surface area contributed by atoms with E-state index in [0.29, 0.717) is 18.9 Å². The number of ether oxygens (including phenoxy) is 1. The van der Waals surface area contributed by atoms with E-state index in [0.717, 1.165) is 31.6 Å². The van der Waals surface area contributed by atoms with Crippen LogP contribution < -0.4 is 0 Å². The molecule has 1 unspecified atom stereocenters. The first-order valence-electron chi connectivity index (χ1n) is 11.1. The zero-order valence-corrected chi connectivity index (χ0v) is 19.0. The molecule has 1 atom stereocenters. The number of rotatable bonds is 13. The summed E-state index contributed by atoms with van der Waals surface area (Å²) in [6.45, 7) is 17.9. The van der Waals surface area contributed by atoms with E-state index < -0.39 is 0 Å². The van der Waals surface area contributed by atoms with Crippen LogP contribution in [0.5, 0.6) is 0 Å². The summed E-state index contributed by atoms with van der Waals surface area (Å²) in [5.41, 5.74) is 0. The number of carbonyl (C=O) groups is 1. The van der Waals surface area contributed by atoms with Crippen molar-refractivity contribution in [3.8, 4) is 0 Å². The molecule has 0 aliphatic carbocycles. The van der Waals surface area contributed by atoms with Gasteiger partial charge in [-0.05, 0) is 31.1 Å². The Hall–Kier alpha value is -0.530. The highest BCUT2D eigenvalue weighted by molar-refractivity contribution is 5.69. The van der Waals surface area contributed by atoms with Gasteiger partial charge in [-0.2, -0.15) is 0 Å². The lowest BCUT2D eigenvalue weighted by molar-refractivity contribution is -0.143. The Balaban J connectivity index is -0.000000362. The molecule has 0 saturated heterocycles. The summed E-state index contributed by atoms with van der Waals surface area (Å²) in [4.78, 5) is 11.0. The van der Waals surface area contributed by atoms with E-state index in [1.807, 2.05) is 13.8 Å². The molecular weight excluding hydrogens is 308 g/mol. The lowest BCUT2D eigenvalue weighted by Crippen LogP contribution is -2.06. The summed E-state index contributed by atoms with van der Waals surface area (Å²) in [5, 5.41) is 0. The van der Waals surface area contributed by atoms with E-state index in [1.54, 1.807) is 0 Å². The first-order chi connectivity index (χ1) is 12.0. The third kappa shape index (κ3) is 31.7. The van der Waals surface area contributed by atoms with Crippen molar-refractivity contribution in [1.82, 2.24) is 0 Å². The number of hydrogen-bond donors (Lipinski definition) is 0. The Labute approximate surface area is 160 Å². The van der Waals surface area contributed by atoms with Gasteiger partial charge < -0.3 is 4.74 Å². The molecule has 0 fully saturated rings. The van der Waals surface area contributed by atoms with Gasteiger partial charge >= 0.3 is 5.97 Å². The van der Waals surface area contributed by atoms with Crippen LogP contribution in [-0.2, 0) is 9.53 Å². The van der Waals surface area contributed by atoms with E-state index in [4.69, 9.17) is 4.74 Å². The highest BCUT2D eigenvalue weighted by atomic mass is 16.5. The number of hydrogen-bond acceptors (Lipinski definition) is 2. The number of carbonyl (C=O) groups excluding carboxylic acids is 1. The van der Waals surface area contributed by atoms with Gasteiger partial charge in [0.1, 0.15) is 0 Å². The van der Waals surface area contributed by atoms with Gasteiger partial charge in [-0.1, -0.05) is 100 Å². The highest BCUT2D eigenvalue weighted by Crippen LogP contribution is 2.12. The van der Waals surface area contributed by atoms with Crippen molar-refractivity contribution in [2.45, 2.75) is 126 Å². The third-order valence-corrected chi connectivity index (χ3v) is 4.17. The van der Waals surface area contributed by atoms with Gasteiger partial charge in [-0.25, -0.2) is 0 Å². The lowest BCUT2D eigenvalue weighted by Gasteiger charge is -2.06. The number of esters is 1. The minimum atomic E-state index is -0.0365. The highest BCUT2D eigenvalue weighted by Gasteiger charge is 2.01.